The molecule has 9 nitrogen and oxygen atoms in total. The van der Waals surface area contributed by atoms with Crippen LogP contribution in [0.2, 0.25) is 5.02 Å². The van der Waals surface area contributed by atoms with Crippen molar-refractivity contribution in [2.24, 2.45) is 0 Å². The molecule has 5 rings (SSSR count). The Morgan fingerprint density at radius 1 is 1.05 bits per heavy atom. The number of fused-ring (bicyclic) bond motifs is 3. The summed E-state index contributed by atoms with van der Waals surface area (Å²) in [5, 5.41) is 9.59. The Morgan fingerprint density at radius 2 is 1.87 bits per heavy atom. The minimum absolute atomic E-state index is 0.0445. The SMILES string of the molecule is COCCc1nnc2n1-c1ccc(Cl)cc1C(c1cccc(OC)c1OC)OC2CC(=O)N1CCCCC1. The van der Waals surface area contributed by atoms with Gasteiger partial charge >= 0.3 is 0 Å². The Kier molecular flexibility index (Phi) is 8.16. The van der Waals surface area contributed by atoms with E-state index < -0.39 is 12.2 Å². The summed E-state index contributed by atoms with van der Waals surface area (Å²) in [6.07, 6.45) is 2.61. The molecule has 10 heteroatoms. The lowest BCUT2D eigenvalue weighted by Gasteiger charge is -2.29. The molecule has 0 bridgehead atoms. The summed E-state index contributed by atoms with van der Waals surface area (Å²) in [5.41, 5.74) is 2.42. The van der Waals surface area contributed by atoms with E-state index in [0.29, 0.717) is 35.4 Å². The quantitative estimate of drug-likeness (QED) is 0.409. The highest BCUT2D eigenvalue weighted by atomic mass is 35.5. The van der Waals surface area contributed by atoms with E-state index in [0.717, 1.165) is 55.0 Å². The van der Waals surface area contributed by atoms with Crippen LogP contribution in [0.15, 0.2) is 36.4 Å². The van der Waals surface area contributed by atoms with Crippen molar-refractivity contribution in [3.8, 4) is 17.2 Å². The zero-order valence-corrected chi connectivity index (χ0v) is 22.7. The molecule has 2 aromatic carbocycles. The first-order chi connectivity index (χ1) is 18.5. The maximum Gasteiger partial charge on any atom is 0.225 e. The first-order valence-electron chi connectivity index (χ1n) is 12.9. The van der Waals surface area contributed by atoms with Gasteiger partial charge in [0.25, 0.3) is 0 Å². The number of hydrogen-bond donors (Lipinski definition) is 0. The number of ether oxygens (including phenoxy) is 4. The summed E-state index contributed by atoms with van der Waals surface area (Å²) in [4.78, 5) is 15.4. The molecular formula is C28H33ClN4O5. The fourth-order valence-corrected chi connectivity index (χ4v) is 5.50. The van der Waals surface area contributed by atoms with Crippen molar-refractivity contribution in [1.82, 2.24) is 19.7 Å². The molecule has 3 aromatic rings. The lowest BCUT2D eigenvalue weighted by atomic mass is 9.98. The molecule has 2 aliphatic rings. The van der Waals surface area contributed by atoms with Crippen LogP contribution in [0.25, 0.3) is 5.69 Å². The van der Waals surface area contributed by atoms with E-state index in [1.165, 1.54) is 0 Å². The predicted molar refractivity (Wildman–Crippen MR) is 142 cm³/mol. The molecule has 0 N–H and O–H groups in total. The number of para-hydroxylation sites is 1. The third-order valence-corrected chi connectivity index (χ3v) is 7.41. The van der Waals surface area contributed by atoms with Gasteiger partial charge in [0.2, 0.25) is 5.91 Å². The number of piperidine rings is 1. The van der Waals surface area contributed by atoms with Crippen LogP contribution in [-0.2, 0) is 20.7 Å². The monoisotopic (exact) mass is 540 g/mol. The smallest absolute Gasteiger partial charge is 0.225 e. The average Bonchev–Trinajstić information content (AvgIpc) is 3.32. The summed E-state index contributed by atoms with van der Waals surface area (Å²) in [6, 6.07) is 11.3. The third-order valence-electron chi connectivity index (χ3n) is 7.17. The lowest BCUT2D eigenvalue weighted by molar-refractivity contribution is -0.136. The molecule has 1 amide bonds. The van der Waals surface area contributed by atoms with Gasteiger partial charge in [0.1, 0.15) is 18.0 Å². The second-order valence-corrected chi connectivity index (χ2v) is 9.93. The third kappa shape index (κ3) is 5.10. The number of halogens is 1. The van der Waals surface area contributed by atoms with Crippen LogP contribution in [0.4, 0.5) is 0 Å². The number of aromatic nitrogens is 3. The van der Waals surface area contributed by atoms with E-state index in [1.807, 2.05) is 45.9 Å². The first-order valence-corrected chi connectivity index (χ1v) is 13.3. The molecule has 0 radical (unpaired) electrons. The van der Waals surface area contributed by atoms with Gasteiger partial charge in [0.05, 0.1) is 32.9 Å². The van der Waals surface area contributed by atoms with Gasteiger partial charge in [-0.2, -0.15) is 0 Å². The average molecular weight is 541 g/mol. The van der Waals surface area contributed by atoms with Gasteiger partial charge in [-0.25, -0.2) is 0 Å². The number of likely N-dealkylation sites (tertiary alicyclic amines) is 1. The highest BCUT2D eigenvalue weighted by molar-refractivity contribution is 6.30. The topological polar surface area (TPSA) is 87.9 Å². The van der Waals surface area contributed by atoms with E-state index in [4.69, 9.17) is 30.5 Å². The standard InChI is InChI=1S/C28H33ClN4O5/c1-35-15-12-24-30-31-28-23(17-25(34)32-13-5-4-6-14-32)38-26(19-8-7-9-22(36-2)27(19)37-3)20-16-18(29)10-11-21(20)33(24)28/h7-11,16,23,26H,4-6,12-15,17H2,1-3H3. The van der Waals surface area contributed by atoms with Gasteiger partial charge in [0.15, 0.2) is 17.3 Å². The summed E-state index contributed by atoms with van der Waals surface area (Å²) in [6.45, 7) is 2.01. The molecule has 2 unspecified atom stereocenters. The Bertz CT molecular complexity index is 1290. The zero-order chi connectivity index (χ0) is 26.6. The molecule has 2 aliphatic heterocycles. The highest BCUT2D eigenvalue weighted by Crippen LogP contribution is 2.46. The Hall–Kier alpha value is -3.14. The molecule has 202 valence electrons. The molecule has 1 saturated heterocycles. The number of benzene rings is 2. The summed E-state index contributed by atoms with van der Waals surface area (Å²) >= 11 is 6.53. The first kappa shape index (κ1) is 26.5. The number of carbonyl (C=O) groups excluding carboxylic acids is 1. The highest BCUT2D eigenvalue weighted by Gasteiger charge is 2.37. The van der Waals surface area contributed by atoms with Crippen molar-refractivity contribution >= 4 is 17.5 Å². The maximum absolute atomic E-state index is 13.5. The number of hydrogen-bond acceptors (Lipinski definition) is 7. The fraction of sp³-hybridized carbons (Fsp3) is 0.464. The number of amides is 1. The number of methoxy groups -OCH3 is 3. The van der Waals surface area contributed by atoms with Gasteiger partial charge < -0.3 is 23.8 Å². The minimum Gasteiger partial charge on any atom is -0.493 e. The number of carbonyl (C=O) groups is 1. The minimum atomic E-state index is -0.652. The van der Waals surface area contributed by atoms with Crippen molar-refractivity contribution in [3.05, 3.63) is 64.2 Å². The molecular weight excluding hydrogens is 508 g/mol. The molecule has 2 atom stereocenters. The van der Waals surface area contributed by atoms with Crippen LogP contribution in [0.3, 0.4) is 0 Å². The molecule has 38 heavy (non-hydrogen) atoms. The largest absolute Gasteiger partial charge is 0.493 e. The molecule has 0 spiro atoms. The fourth-order valence-electron chi connectivity index (χ4n) is 5.32. The van der Waals surface area contributed by atoms with Crippen molar-refractivity contribution in [1.29, 1.82) is 0 Å². The van der Waals surface area contributed by atoms with Crippen LogP contribution in [0.1, 0.15) is 60.7 Å². The van der Waals surface area contributed by atoms with E-state index in [2.05, 4.69) is 10.2 Å². The van der Waals surface area contributed by atoms with Gasteiger partial charge in [-0.15, -0.1) is 10.2 Å². The van der Waals surface area contributed by atoms with Crippen molar-refractivity contribution in [2.75, 3.05) is 41.0 Å². The second kappa shape index (κ2) is 11.7. The maximum atomic E-state index is 13.5. The van der Waals surface area contributed by atoms with Crippen LogP contribution >= 0.6 is 11.6 Å². The molecule has 0 saturated carbocycles. The summed E-state index contributed by atoms with van der Waals surface area (Å²) < 4.78 is 25.5. The zero-order valence-electron chi connectivity index (χ0n) is 22.0. The second-order valence-electron chi connectivity index (χ2n) is 9.49. The van der Waals surface area contributed by atoms with Gasteiger partial charge in [-0.3, -0.25) is 9.36 Å². The molecule has 1 aromatic heterocycles. The van der Waals surface area contributed by atoms with Crippen molar-refractivity contribution in [3.63, 3.8) is 0 Å². The van der Waals surface area contributed by atoms with Crippen LogP contribution in [0.5, 0.6) is 11.5 Å². The summed E-state index contributed by atoms with van der Waals surface area (Å²) in [7, 11) is 4.86. The Labute approximate surface area is 227 Å². The Balaban J connectivity index is 1.66. The van der Waals surface area contributed by atoms with E-state index in [-0.39, 0.29) is 12.3 Å². The van der Waals surface area contributed by atoms with Crippen LogP contribution < -0.4 is 9.47 Å². The summed E-state index contributed by atoms with van der Waals surface area (Å²) in [5.74, 6) is 2.49. The van der Waals surface area contributed by atoms with E-state index >= 15 is 0 Å². The number of rotatable bonds is 8. The molecule has 0 aliphatic carbocycles. The molecule has 1 fully saturated rings. The predicted octanol–water partition coefficient (Wildman–Crippen LogP) is 4.69. The van der Waals surface area contributed by atoms with Gasteiger partial charge in [-0.1, -0.05) is 23.7 Å². The number of nitrogens with zero attached hydrogens (tertiary/aromatic N) is 4. The van der Waals surface area contributed by atoms with Crippen molar-refractivity contribution in [2.45, 2.75) is 44.3 Å². The molecule has 3 heterocycles. The van der Waals surface area contributed by atoms with Crippen molar-refractivity contribution < 1.29 is 23.7 Å². The van der Waals surface area contributed by atoms with Crippen LogP contribution in [-0.4, -0.2) is 66.6 Å². The normalized spacial score (nSPS) is 18.9. The lowest BCUT2D eigenvalue weighted by Crippen LogP contribution is -2.36. The van der Waals surface area contributed by atoms with Gasteiger partial charge in [0, 0.05) is 42.8 Å². The van der Waals surface area contributed by atoms with E-state index in [1.54, 1.807) is 21.3 Å². The Morgan fingerprint density at radius 3 is 2.61 bits per heavy atom. The van der Waals surface area contributed by atoms with Crippen LogP contribution in [0, 0.1) is 0 Å². The van der Waals surface area contributed by atoms with Gasteiger partial charge in [-0.05, 0) is 43.5 Å². The van der Waals surface area contributed by atoms with E-state index in [9.17, 15) is 4.79 Å².